The highest BCUT2D eigenvalue weighted by molar-refractivity contribution is 7.89. The van der Waals surface area contributed by atoms with Crippen LogP contribution >= 0.6 is 0 Å². The van der Waals surface area contributed by atoms with Crippen molar-refractivity contribution in [1.29, 1.82) is 0 Å². The number of sulfonamides is 1. The van der Waals surface area contributed by atoms with Gasteiger partial charge in [-0.2, -0.15) is 4.31 Å². The first-order chi connectivity index (χ1) is 13.4. The van der Waals surface area contributed by atoms with Crippen molar-refractivity contribution in [2.24, 2.45) is 5.92 Å². The van der Waals surface area contributed by atoms with Gasteiger partial charge < -0.3 is 15.0 Å². The Kier molecular flexibility index (Phi) is 6.95. The average Bonchev–Trinajstić information content (AvgIpc) is 2.70. The molecule has 156 valence electrons. The molecule has 8 heteroatoms. The minimum atomic E-state index is -3.64. The molecule has 3 rings (SSSR count). The van der Waals surface area contributed by atoms with Gasteiger partial charge in [0.25, 0.3) is 5.91 Å². The molecule has 1 aromatic carbocycles. The highest BCUT2D eigenvalue weighted by atomic mass is 32.2. The number of hydrogen-bond donors (Lipinski definition) is 2. The highest BCUT2D eigenvalue weighted by Crippen LogP contribution is 2.31. The van der Waals surface area contributed by atoms with Gasteiger partial charge in [-0.05, 0) is 49.8 Å². The lowest BCUT2D eigenvalue weighted by molar-refractivity contribution is -0.897. The topological polar surface area (TPSA) is 80.1 Å². The van der Waals surface area contributed by atoms with E-state index < -0.39 is 10.0 Å². The number of piperidine rings is 2. The Morgan fingerprint density at radius 2 is 1.89 bits per heavy atom. The largest absolute Gasteiger partial charge is 0.495 e. The van der Waals surface area contributed by atoms with Gasteiger partial charge in [0.2, 0.25) is 10.0 Å². The molecular formula is C20H32N3O4S+. The van der Waals surface area contributed by atoms with Gasteiger partial charge in [-0.1, -0.05) is 13.3 Å². The number of methoxy groups -OCH3 is 1. The number of rotatable bonds is 6. The van der Waals surface area contributed by atoms with E-state index in [0.717, 1.165) is 51.1 Å². The number of carbonyl (C=O) groups is 1. The molecule has 0 unspecified atom stereocenters. The van der Waals surface area contributed by atoms with E-state index in [-0.39, 0.29) is 10.8 Å². The number of likely N-dealkylation sites (tertiary alicyclic amines) is 1. The summed E-state index contributed by atoms with van der Waals surface area (Å²) >= 11 is 0. The Labute approximate surface area is 168 Å². The standard InChI is InChI=1S/C20H31N3O4S/c1-16-8-12-22(13-9-16)15-20(24)21-17-6-7-18(27-2)19(14-17)28(25,26)23-10-4-3-5-11-23/h6-7,14,16H,3-5,8-13,15H2,1-2H3,(H,21,24)/p+1. The van der Waals surface area contributed by atoms with E-state index in [4.69, 9.17) is 4.74 Å². The SMILES string of the molecule is COc1ccc(NC(=O)C[NH+]2CCC(C)CC2)cc1S(=O)(=O)N1CCCCC1. The predicted molar refractivity (Wildman–Crippen MR) is 108 cm³/mol. The van der Waals surface area contributed by atoms with Gasteiger partial charge in [0.1, 0.15) is 10.6 Å². The third kappa shape index (κ3) is 5.04. The molecule has 1 amide bonds. The van der Waals surface area contributed by atoms with Crippen molar-refractivity contribution in [2.75, 3.05) is 45.2 Å². The van der Waals surface area contributed by atoms with Crippen molar-refractivity contribution in [3.8, 4) is 5.75 Å². The Bertz CT molecular complexity index is 783. The van der Waals surface area contributed by atoms with Crippen LogP contribution in [-0.2, 0) is 14.8 Å². The predicted octanol–water partition coefficient (Wildman–Crippen LogP) is 1.12. The maximum absolute atomic E-state index is 13.1. The minimum Gasteiger partial charge on any atom is -0.495 e. The molecule has 28 heavy (non-hydrogen) atoms. The fourth-order valence-corrected chi connectivity index (χ4v) is 5.68. The first-order valence-corrected chi connectivity index (χ1v) is 11.7. The van der Waals surface area contributed by atoms with Crippen LogP contribution in [0.3, 0.4) is 0 Å². The van der Waals surface area contributed by atoms with Gasteiger partial charge in [0, 0.05) is 18.8 Å². The van der Waals surface area contributed by atoms with Crippen LogP contribution < -0.4 is 15.0 Å². The summed E-state index contributed by atoms with van der Waals surface area (Å²) in [5.41, 5.74) is 0.492. The summed E-state index contributed by atoms with van der Waals surface area (Å²) in [5, 5.41) is 2.87. The summed E-state index contributed by atoms with van der Waals surface area (Å²) in [5.74, 6) is 0.950. The van der Waals surface area contributed by atoms with E-state index in [1.54, 1.807) is 12.1 Å². The number of anilines is 1. The second-order valence-electron chi connectivity index (χ2n) is 7.99. The van der Waals surface area contributed by atoms with E-state index in [9.17, 15) is 13.2 Å². The van der Waals surface area contributed by atoms with Crippen LogP contribution in [0.1, 0.15) is 39.0 Å². The second kappa shape index (κ2) is 9.24. The summed E-state index contributed by atoms with van der Waals surface area (Å²) in [7, 11) is -2.18. The number of benzene rings is 1. The molecule has 0 spiro atoms. The maximum atomic E-state index is 13.1. The number of ether oxygens (including phenoxy) is 1. The Morgan fingerprint density at radius 1 is 1.21 bits per heavy atom. The Balaban J connectivity index is 1.72. The first kappa shape index (κ1) is 21.1. The lowest BCUT2D eigenvalue weighted by Crippen LogP contribution is -3.14. The van der Waals surface area contributed by atoms with Crippen molar-refractivity contribution < 1.29 is 22.8 Å². The van der Waals surface area contributed by atoms with Crippen LogP contribution in [0.15, 0.2) is 23.1 Å². The lowest BCUT2D eigenvalue weighted by atomic mass is 9.99. The molecule has 0 saturated carbocycles. The van der Waals surface area contributed by atoms with Crippen molar-refractivity contribution in [2.45, 2.75) is 43.9 Å². The number of nitrogens with zero attached hydrogens (tertiary/aromatic N) is 1. The van der Waals surface area contributed by atoms with Gasteiger partial charge in [-0.3, -0.25) is 4.79 Å². The molecule has 2 N–H and O–H groups in total. The summed E-state index contributed by atoms with van der Waals surface area (Å²) < 4.78 is 33.0. The van der Waals surface area contributed by atoms with Crippen molar-refractivity contribution >= 4 is 21.6 Å². The molecule has 0 radical (unpaired) electrons. The summed E-state index contributed by atoms with van der Waals surface area (Å²) in [6, 6.07) is 4.83. The van der Waals surface area contributed by atoms with Gasteiger partial charge in [0.05, 0.1) is 20.2 Å². The number of amides is 1. The molecule has 1 aromatic rings. The number of hydrogen-bond acceptors (Lipinski definition) is 4. The van der Waals surface area contributed by atoms with E-state index in [2.05, 4.69) is 12.2 Å². The fraction of sp³-hybridized carbons (Fsp3) is 0.650. The van der Waals surface area contributed by atoms with Crippen LogP contribution in [-0.4, -0.2) is 58.5 Å². The van der Waals surface area contributed by atoms with Gasteiger partial charge in [-0.25, -0.2) is 8.42 Å². The summed E-state index contributed by atoms with van der Waals surface area (Å²) in [6.45, 7) is 5.72. The van der Waals surface area contributed by atoms with Crippen LogP contribution in [0, 0.1) is 5.92 Å². The molecule has 2 aliphatic rings. The van der Waals surface area contributed by atoms with E-state index in [0.29, 0.717) is 31.1 Å². The zero-order valence-corrected chi connectivity index (χ0v) is 17.7. The zero-order valence-electron chi connectivity index (χ0n) is 16.9. The molecule has 2 saturated heterocycles. The lowest BCUT2D eigenvalue weighted by Gasteiger charge is -2.27. The molecule has 2 aliphatic heterocycles. The molecule has 2 heterocycles. The molecule has 0 bridgehead atoms. The molecule has 2 fully saturated rings. The molecule has 0 aromatic heterocycles. The number of quaternary nitrogens is 1. The monoisotopic (exact) mass is 410 g/mol. The minimum absolute atomic E-state index is 0.0870. The van der Waals surface area contributed by atoms with Crippen molar-refractivity contribution in [1.82, 2.24) is 4.31 Å². The summed E-state index contributed by atoms with van der Waals surface area (Å²) in [4.78, 5) is 13.9. The quantitative estimate of drug-likeness (QED) is 0.737. The third-order valence-electron chi connectivity index (χ3n) is 5.77. The van der Waals surface area contributed by atoms with Gasteiger partial charge in [0.15, 0.2) is 6.54 Å². The van der Waals surface area contributed by atoms with Crippen molar-refractivity contribution in [3.63, 3.8) is 0 Å². The zero-order chi connectivity index (χ0) is 20.1. The van der Waals surface area contributed by atoms with Gasteiger partial charge in [-0.15, -0.1) is 0 Å². The number of carbonyl (C=O) groups excluding carboxylic acids is 1. The number of nitrogens with one attached hydrogen (secondary N) is 2. The van der Waals surface area contributed by atoms with Crippen molar-refractivity contribution in [3.05, 3.63) is 18.2 Å². The molecule has 0 aliphatic carbocycles. The average molecular weight is 411 g/mol. The van der Waals surface area contributed by atoms with E-state index >= 15 is 0 Å². The molecular weight excluding hydrogens is 378 g/mol. The second-order valence-corrected chi connectivity index (χ2v) is 9.89. The third-order valence-corrected chi connectivity index (χ3v) is 7.69. The van der Waals surface area contributed by atoms with E-state index in [1.807, 2.05) is 0 Å². The molecule has 0 atom stereocenters. The Hall–Kier alpha value is -1.64. The highest BCUT2D eigenvalue weighted by Gasteiger charge is 2.29. The van der Waals surface area contributed by atoms with Crippen LogP contribution in [0.5, 0.6) is 5.75 Å². The van der Waals surface area contributed by atoms with Crippen LogP contribution in [0.4, 0.5) is 5.69 Å². The summed E-state index contributed by atoms with van der Waals surface area (Å²) in [6.07, 6.45) is 5.08. The maximum Gasteiger partial charge on any atom is 0.279 e. The first-order valence-electron chi connectivity index (χ1n) is 10.2. The van der Waals surface area contributed by atoms with Gasteiger partial charge >= 0.3 is 0 Å². The Morgan fingerprint density at radius 3 is 2.54 bits per heavy atom. The van der Waals surface area contributed by atoms with Crippen LogP contribution in [0.2, 0.25) is 0 Å². The normalized spacial score (nSPS) is 23.9. The van der Waals surface area contributed by atoms with Crippen LogP contribution in [0.25, 0.3) is 0 Å². The fourth-order valence-electron chi connectivity index (χ4n) is 3.98. The smallest absolute Gasteiger partial charge is 0.279 e. The van der Waals surface area contributed by atoms with E-state index in [1.165, 1.54) is 22.4 Å². The molecule has 7 nitrogen and oxygen atoms in total.